The standard InChI is InChI=1S/C19H16N4O/c1-13-4-3-5-16(8-13)19(24)23-18-9-17(7-6-14(18)2)22-12-15(10-20)11-21/h3-9,12,22H,1-2H3,(H,23,24). The Hall–Kier alpha value is -3.57. The van der Waals surface area contributed by atoms with Gasteiger partial charge in [-0.15, -0.1) is 0 Å². The molecule has 0 fully saturated rings. The van der Waals surface area contributed by atoms with Crippen LogP contribution in [0.3, 0.4) is 0 Å². The summed E-state index contributed by atoms with van der Waals surface area (Å²) in [6.07, 6.45) is 1.33. The highest BCUT2D eigenvalue weighted by Gasteiger charge is 2.08. The summed E-state index contributed by atoms with van der Waals surface area (Å²) in [5.74, 6) is -0.191. The first-order valence-electron chi connectivity index (χ1n) is 7.29. The lowest BCUT2D eigenvalue weighted by molar-refractivity contribution is 0.102. The summed E-state index contributed by atoms with van der Waals surface area (Å²) in [7, 11) is 0. The zero-order valence-electron chi connectivity index (χ0n) is 13.4. The van der Waals surface area contributed by atoms with E-state index < -0.39 is 0 Å². The summed E-state index contributed by atoms with van der Waals surface area (Å²) in [6, 6.07) is 16.3. The van der Waals surface area contributed by atoms with E-state index in [2.05, 4.69) is 10.6 Å². The van der Waals surface area contributed by atoms with Crippen LogP contribution in [-0.4, -0.2) is 5.91 Å². The van der Waals surface area contributed by atoms with E-state index in [1.807, 2.05) is 38.1 Å². The van der Waals surface area contributed by atoms with Gasteiger partial charge in [-0.1, -0.05) is 23.8 Å². The Kier molecular flexibility index (Phi) is 5.33. The van der Waals surface area contributed by atoms with Gasteiger partial charge >= 0.3 is 0 Å². The maximum Gasteiger partial charge on any atom is 0.255 e. The van der Waals surface area contributed by atoms with Crippen LogP contribution in [0.15, 0.2) is 54.2 Å². The molecule has 0 atom stereocenters. The van der Waals surface area contributed by atoms with Gasteiger partial charge in [0.15, 0.2) is 0 Å². The summed E-state index contributed by atoms with van der Waals surface area (Å²) < 4.78 is 0. The number of nitriles is 2. The average molecular weight is 316 g/mol. The lowest BCUT2D eigenvalue weighted by Crippen LogP contribution is -2.13. The number of benzene rings is 2. The molecule has 2 aromatic carbocycles. The SMILES string of the molecule is Cc1cccc(C(=O)Nc2cc(NC=C(C#N)C#N)ccc2C)c1. The molecule has 0 aromatic heterocycles. The highest BCUT2D eigenvalue weighted by atomic mass is 16.1. The van der Waals surface area contributed by atoms with E-state index in [1.54, 1.807) is 30.3 Å². The first-order valence-corrected chi connectivity index (χ1v) is 7.29. The molecule has 0 aliphatic carbocycles. The van der Waals surface area contributed by atoms with E-state index in [4.69, 9.17) is 10.5 Å². The molecule has 0 spiro atoms. The normalized spacial score (nSPS) is 9.33. The van der Waals surface area contributed by atoms with Crippen LogP contribution in [-0.2, 0) is 0 Å². The number of amides is 1. The minimum Gasteiger partial charge on any atom is -0.360 e. The number of carbonyl (C=O) groups excluding carboxylic acids is 1. The number of carbonyl (C=O) groups is 1. The third-order valence-electron chi connectivity index (χ3n) is 3.39. The van der Waals surface area contributed by atoms with Gasteiger partial charge in [0.2, 0.25) is 0 Å². The Bertz CT molecular complexity index is 869. The molecule has 1 amide bonds. The molecule has 0 aliphatic heterocycles. The van der Waals surface area contributed by atoms with Crippen LogP contribution < -0.4 is 10.6 Å². The van der Waals surface area contributed by atoms with Crippen LogP contribution in [0, 0.1) is 36.5 Å². The molecule has 0 heterocycles. The Balaban J connectivity index is 2.20. The van der Waals surface area contributed by atoms with Crippen molar-refractivity contribution in [3.8, 4) is 12.1 Å². The van der Waals surface area contributed by atoms with Gasteiger partial charge in [0, 0.05) is 23.1 Å². The van der Waals surface area contributed by atoms with Gasteiger partial charge in [0.05, 0.1) is 0 Å². The molecule has 2 rings (SSSR count). The van der Waals surface area contributed by atoms with Crippen LogP contribution in [0.4, 0.5) is 11.4 Å². The maximum atomic E-state index is 12.4. The molecule has 5 nitrogen and oxygen atoms in total. The third kappa shape index (κ3) is 4.22. The van der Waals surface area contributed by atoms with Crippen molar-refractivity contribution in [3.05, 3.63) is 70.9 Å². The molecule has 5 heteroatoms. The van der Waals surface area contributed by atoms with Crippen LogP contribution in [0.5, 0.6) is 0 Å². The van der Waals surface area contributed by atoms with Crippen LogP contribution >= 0.6 is 0 Å². The minimum atomic E-state index is -0.191. The number of anilines is 2. The van der Waals surface area contributed by atoms with E-state index in [9.17, 15) is 4.79 Å². The topological polar surface area (TPSA) is 88.7 Å². The molecule has 0 saturated carbocycles. The van der Waals surface area contributed by atoms with Gasteiger partial charge in [0.25, 0.3) is 5.91 Å². The van der Waals surface area contributed by atoms with Gasteiger partial charge in [-0.2, -0.15) is 10.5 Å². The second-order valence-corrected chi connectivity index (χ2v) is 5.28. The Morgan fingerprint density at radius 2 is 1.83 bits per heavy atom. The first kappa shape index (κ1) is 16.8. The molecule has 24 heavy (non-hydrogen) atoms. The van der Waals surface area contributed by atoms with Crippen LogP contribution in [0.25, 0.3) is 0 Å². The van der Waals surface area contributed by atoms with Crippen LogP contribution in [0.1, 0.15) is 21.5 Å². The second kappa shape index (κ2) is 7.62. The van der Waals surface area contributed by atoms with E-state index in [0.29, 0.717) is 16.9 Å². The number of hydrogen-bond donors (Lipinski definition) is 2. The smallest absolute Gasteiger partial charge is 0.255 e. The fraction of sp³-hybridized carbons (Fsp3) is 0.105. The zero-order chi connectivity index (χ0) is 17.5. The summed E-state index contributed by atoms with van der Waals surface area (Å²) in [5, 5.41) is 23.2. The van der Waals surface area contributed by atoms with Gasteiger partial charge in [-0.05, 0) is 43.7 Å². The lowest BCUT2D eigenvalue weighted by atomic mass is 10.1. The van der Waals surface area contributed by atoms with Crippen molar-refractivity contribution < 1.29 is 4.79 Å². The van der Waals surface area contributed by atoms with Crippen molar-refractivity contribution >= 4 is 17.3 Å². The van der Waals surface area contributed by atoms with Crippen LogP contribution in [0.2, 0.25) is 0 Å². The fourth-order valence-electron chi connectivity index (χ4n) is 2.07. The molecule has 0 unspecified atom stereocenters. The van der Waals surface area contributed by atoms with Gasteiger partial charge < -0.3 is 10.6 Å². The van der Waals surface area contributed by atoms with Crippen molar-refractivity contribution in [1.29, 1.82) is 10.5 Å². The second-order valence-electron chi connectivity index (χ2n) is 5.28. The number of nitrogens with one attached hydrogen (secondary N) is 2. The van der Waals surface area contributed by atoms with Crippen molar-refractivity contribution in [2.45, 2.75) is 13.8 Å². The molecule has 0 bridgehead atoms. The number of allylic oxidation sites excluding steroid dienone is 1. The van der Waals surface area contributed by atoms with Crippen molar-refractivity contribution in [3.63, 3.8) is 0 Å². The number of hydrogen-bond acceptors (Lipinski definition) is 4. The average Bonchev–Trinajstić information content (AvgIpc) is 2.58. The van der Waals surface area contributed by atoms with E-state index in [0.717, 1.165) is 11.1 Å². The zero-order valence-corrected chi connectivity index (χ0v) is 13.4. The lowest BCUT2D eigenvalue weighted by Gasteiger charge is -2.11. The van der Waals surface area contributed by atoms with E-state index >= 15 is 0 Å². The number of nitrogens with zero attached hydrogens (tertiary/aromatic N) is 2. The molecular weight excluding hydrogens is 300 g/mol. The van der Waals surface area contributed by atoms with Gasteiger partial charge in [-0.3, -0.25) is 4.79 Å². The molecule has 0 radical (unpaired) electrons. The molecule has 118 valence electrons. The Morgan fingerprint density at radius 1 is 1.08 bits per heavy atom. The predicted octanol–water partition coefficient (Wildman–Crippen LogP) is 3.90. The Labute approximate surface area is 140 Å². The maximum absolute atomic E-state index is 12.4. The minimum absolute atomic E-state index is 0.0269. The molecule has 2 N–H and O–H groups in total. The molecular formula is C19H16N4O. The van der Waals surface area contributed by atoms with Gasteiger partial charge in [0.1, 0.15) is 17.7 Å². The highest BCUT2D eigenvalue weighted by molar-refractivity contribution is 6.05. The highest BCUT2D eigenvalue weighted by Crippen LogP contribution is 2.21. The van der Waals surface area contributed by atoms with E-state index in [1.165, 1.54) is 6.20 Å². The van der Waals surface area contributed by atoms with Gasteiger partial charge in [-0.25, -0.2) is 0 Å². The summed E-state index contributed by atoms with van der Waals surface area (Å²) in [6.45, 7) is 3.82. The van der Waals surface area contributed by atoms with E-state index in [-0.39, 0.29) is 11.5 Å². The Morgan fingerprint density at radius 3 is 2.50 bits per heavy atom. The summed E-state index contributed by atoms with van der Waals surface area (Å²) >= 11 is 0. The first-order chi connectivity index (χ1) is 11.5. The molecule has 0 aliphatic rings. The number of aryl methyl sites for hydroxylation is 2. The largest absolute Gasteiger partial charge is 0.360 e. The quantitative estimate of drug-likeness (QED) is 0.837. The third-order valence-corrected chi connectivity index (χ3v) is 3.39. The number of rotatable bonds is 4. The fourth-order valence-corrected chi connectivity index (χ4v) is 2.07. The summed E-state index contributed by atoms with van der Waals surface area (Å²) in [5.41, 5.74) is 3.81. The van der Waals surface area contributed by atoms with Crippen molar-refractivity contribution in [1.82, 2.24) is 0 Å². The molecule has 0 saturated heterocycles. The monoisotopic (exact) mass is 316 g/mol. The predicted molar refractivity (Wildman–Crippen MR) is 93.2 cm³/mol. The van der Waals surface area contributed by atoms with Crippen molar-refractivity contribution in [2.24, 2.45) is 0 Å². The molecule has 2 aromatic rings. The van der Waals surface area contributed by atoms with Crippen molar-refractivity contribution in [2.75, 3.05) is 10.6 Å². The summed E-state index contributed by atoms with van der Waals surface area (Å²) in [4.78, 5) is 12.4.